The maximum Gasteiger partial charge on any atom is 0.258 e. The molecule has 0 aliphatic heterocycles. The maximum absolute atomic E-state index is 12.8. The van der Waals surface area contributed by atoms with Gasteiger partial charge in [0.2, 0.25) is 0 Å². The van der Waals surface area contributed by atoms with E-state index in [-0.39, 0.29) is 18.3 Å². The lowest BCUT2D eigenvalue weighted by Crippen LogP contribution is -2.33. The SMILES string of the molecule is Cc1ccc(C(NC(=O)COc2ccccc2)c2c(O)ccc3ccccc23)cc1. The van der Waals surface area contributed by atoms with Gasteiger partial charge in [-0.3, -0.25) is 4.79 Å². The second-order valence-electron chi connectivity index (χ2n) is 7.23. The predicted molar refractivity (Wildman–Crippen MR) is 119 cm³/mol. The zero-order chi connectivity index (χ0) is 20.9. The van der Waals surface area contributed by atoms with Crippen LogP contribution in [0, 0.1) is 6.92 Å². The minimum absolute atomic E-state index is 0.113. The number of amides is 1. The Hall–Kier alpha value is -3.79. The standard InChI is InChI=1S/C26H23NO3/c1-18-11-13-20(14-12-18)26(27-24(29)17-30-21-8-3-2-4-9-21)25-22-10-6-5-7-19(22)15-16-23(25)28/h2-16,26,28H,17H2,1H3,(H,27,29). The van der Waals surface area contributed by atoms with E-state index in [1.165, 1.54) is 0 Å². The molecule has 0 heterocycles. The largest absolute Gasteiger partial charge is 0.508 e. The van der Waals surface area contributed by atoms with Gasteiger partial charge in [0.05, 0.1) is 6.04 Å². The molecule has 2 N–H and O–H groups in total. The molecule has 1 amide bonds. The number of fused-ring (bicyclic) bond motifs is 1. The number of rotatable bonds is 6. The Morgan fingerprint density at radius 2 is 1.60 bits per heavy atom. The Labute approximate surface area is 175 Å². The number of para-hydroxylation sites is 1. The summed E-state index contributed by atoms with van der Waals surface area (Å²) in [5, 5.41) is 15.7. The quantitative estimate of drug-likeness (QED) is 0.474. The lowest BCUT2D eigenvalue weighted by Gasteiger charge is -2.23. The van der Waals surface area contributed by atoms with Gasteiger partial charge in [-0.2, -0.15) is 0 Å². The summed E-state index contributed by atoms with van der Waals surface area (Å²) < 4.78 is 5.60. The number of phenols is 1. The van der Waals surface area contributed by atoms with E-state index < -0.39 is 6.04 Å². The summed E-state index contributed by atoms with van der Waals surface area (Å²) in [5.74, 6) is 0.507. The molecule has 4 aromatic rings. The van der Waals surface area contributed by atoms with Crippen LogP contribution in [0.4, 0.5) is 0 Å². The molecule has 4 aromatic carbocycles. The Kier molecular flexibility index (Phi) is 5.66. The summed E-state index contributed by atoms with van der Waals surface area (Å²) in [7, 11) is 0. The molecule has 0 fully saturated rings. The van der Waals surface area contributed by atoms with Crippen molar-refractivity contribution in [1.82, 2.24) is 5.32 Å². The first-order valence-electron chi connectivity index (χ1n) is 9.86. The van der Waals surface area contributed by atoms with Gasteiger partial charge in [-0.05, 0) is 41.5 Å². The molecule has 30 heavy (non-hydrogen) atoms. The fourth-order valence-corrected chi connectivity index (χ4v) is 3.54. The molecule has 0 spiro atoms. The van der Waals surface area contributed by atoms with Gasteiger partial charge >= 0.3 is 0 Å². The molecule has 150 valence electrons. The van der Waals surface area contributed by atoms with Crippen LogP contribution in [-0.2, 0) is 4.79 Å². The molecule has 1 atom stereocenters. The first-order chi connectivity index (χ1) is 14.6. The van der Waals surface area contributed by atoms with Crippen molar-refractivity contribution in [3.8, 4) is 11.5 Å². The summed E-state index contributed by atoms with van der Waals surface area (Å²) in [6, 6.07) is 28.0. The van der Waals surface area contributed by atoms with Gasteiger partial charge in [0.15, 0.2) is 6.61 Å². The van der Waals surface area contributed by atoms with Crippen LogP contribution >= 0.6 is 0 Å². The van der Waals surface area contributed by atoms with Crippen LogP contribution in [0.2, 0.25) is 0 Å². The van der Waals surface area contributed by atoms with E-state index in [0.717, 1.165) is 21.9 Å². The molecule has 0 aromatic heterocycles. The highest BCUT2D eigenvalue weighted by atomic mass is 16.5. The molecule has 0 aliphatic carbocycles. The van der Waals surface area contributed by atoms with E-state index in [2.05, 4.69) is 5.32 Å². The van der Waals surface area contributed by atoms with Crippen molar-refractivity contribution >= 4 is 16.7 Å². The van der Waals surface area contributed by atoms with E-state index >= 15 is 0 Å². The van der Waals surface area contributed by atoms with Crippen molar-refractivity contribution < 1.29 is 14.6 Å². The topological polar surface area (TPSA) is 58.6 Å². The van der Waals surface area contributed by atoms with Crippen LogP contribution in [-0.4, -0.2) is 17.6 Å². The Morgan fingerprint density at radius 1 is 0.900 bits per heavy atom. The van der Waals surface area contributed by atoms with E-state index in [1.54, 1.807) is 18.2 Å². The average Bonchev–Trinajstić information content (AvgIpc) is 2.78. The Morgan fingerprint density at radius 3 is 2.37 bits per heavy atom. The van der Waals surface area contributed by atoms with Crippen molar-refractivity contribution in [3.05, 3.63) is 108 Å². The highest BCUT2D eigenvalue weighted by Crippen LogP contribution is 2.35. The van der Waals surface area contributed by atoms with Crippen LogP contribution in [0.5, 0.6) is 11.5 Å². The van der Waals surface area contributed by atoms with Crippen molar-refractivity contribution in [2.75, 3.05) is 6.61 Å². The van der Waals surface area contributed by atoms with E-state index in [1.807, 2.05) is 79.7 Å². The van der Waals surface area contributed by atoms with Crippen molar-refractivity contribution in [1.29, 1.82) is 0 Å². The molecular weight excluding hydrogens is 374 g/mol. The normalized spacial score (nSPS) is 11.8. The minimum Gasteiger partial charge on any atom is -0.508 e. The fourth-order valence-electron chi connectivity index (χ4n) is 3.54. The Balaban J connectivity index is 1.68. The summed E-state index contributed by atoms with van der Waals surface area (Å²) >= 11 is 0. The lowest BCUT2D eigenvalue weighted by molar-refractivity contribution is -0.123. The van der Waals surface area contributed by atoms with Crippen molar-refractivity contribution in [3.63, 3.8) is 0 Å². The third-order valence-corrected chi connectivity index (χ3v) is 5.07. The van der Waals surface area contributed by atoms with Gasteiger partial charge in [0, 0.05) is 5.56 Å². The van der Waals surface area contributed by atoms with Gasteiger partial charge in [0.1, 0.15) is 11.5 Å². The third kappa shape index (κ3) is 4.28. The zero-order valence-electron chi connectivity index (χ0n) is 16.7. The first kappa shape index (κ1) is 19.5. The highest BCUT2D eigenvalue weighted by molar-refractivity contribution is 5.89. The smallest absolute Gasteiger partial charge is 0.258 e. The zero-order valence-corrected chi connectivity index (χ0v) is 16.7. The second-order valence-corrected chi connectivity index (χ2v) is 7.23. The lowest BCUT2D eigenvalue weighted by atomic mass is 9.92. The molecule has 0 bridgehead atoms. The number of benzene rings is 4. The number of hydrogen-bond donors (Lipinski definition) is 2. The summed E-state index contributed by atoms with van der Waals surface area (Å²) in [6.45, 7) is 1.90. The van der Waals surface area contributed by atoms with Crippen LogP contribution in [0.3, 0.4) is 0 Å². The predicted octanol–water partition coefficient (Wildman–Crippen LogP) is 5.14. The molecule has 4 nitrogen and oxygen atoms in total. The van der Waals surface area contributed by atoms with Gasteiger partial charge < -0.3 is 15.2 Å². The van der Waals surface area contributed by atoms with Crippen LogP contribution < -0.4 is 10.1 Å². The second kappa shape index (κ2) is 8.70. The molecule has 0 radical (unpaired) electrons. The van der Waals surface area contributed by atoms with Gasteiger partial charge in [0.25, 0.3) is 5.91 Å². The number of nitrogens with one attached hydrogen (secondary N) is 1. The minimum atomic E-state index is -0.511. The number of aryl methyl sites for hydroxylation is 1. The average molecular weight is 397 g/mol. The number of phenolic OH excluding ortho intramolecular Hbond substituents is 1. The van der Waals surface area contributed by atoms with Gasteiger partial charge in [-0.25, -0.2) is 0 Å². The first-order valence-corrected chi connectivity index (χ1v) is 9.86. The molecule has 4 rings (SSSR count). The van der Waals surface area contributed by atoms with Gasteiger partial charge in [-0.1, -0.05) is 78.4 Å². The van der Waals surface area contributed by atoms with E-state index in [9.17, 15) is 9.90 Å². The fraction of sp³-hybridized carbons (Fsp3) is 0.115. The van der Waals surface area contributed by atoms with Crippen LogP contribution in [0.15, 0.2) is 91.0 Å². The summed E-state index contributed by atoms with van der Waals surface area (Å²) in [5.41, 5.74) is 2.68. The van der Waals surface area contributed by atoms with E-state index in [4.69, 9.17) is 4.74 Å². The van der Waals surface area contributed by atoms with Crippen molar-refractivity contribution in [2.24, 2.45) is 0 Å². The van der Waals surface area contributed by atoms with Gasteiger partial charge in [-0.15, -0.1) is 0 Å². The number of carbonyl (C=O) groups excluding carboxylic acids is 1. The van der Waals surface area contributed by atoms with E-state index in [0.29, 0.717) is 11.3 Å². The number of aromatic hydroxyl groups is 1. The maximum atomic E-state index is 12.8. The molecule has 4 heteroatoms. The highest BCUT2D eigenvalue weighted by Gasteiger charge is 2.22. The molecule has 0 saturated heterocycles. The summed E-state index contributed by atoms with van der Waals surface area (Å²) in [6.07, 6.45) is 0. The molecule has 1 unspecified atom stereocenters. The number of ether oxygens (including phenoxy) is 1. The molecule has 0 aliphatic rings. The number of hydrogen-bond acceptors (Lipinski definition) is 3. The monoisotopic (exact) mass is 397 g/mol. The third-order valence-electron chi connectivity index (χ3n) is 5.07. The molecule has 0 saturated carbocycles. The Bertz CT molecular complexity index is 1150. The summed E-state index contributed by atoms with van der Waals surface area (Å²) in [4.78, 5) is 12.8. The van der Waals surface area contributed by atoms with Crippen molar-refractivity contribution in [2.45, 2.75) is 13.0 Å². The number of carbonyl (C=O) groups is 1. The van der Waals surface area contributed by atoms with Crippen LogP contribution in [0.25, 0.3) is 10.8 Å². The molecular formula is C26H23NO3. The van der Waals surface area contributed by atoms with Crippen LogP contribution in [0.1, 0.15) is 22.7 Å².